The summed E-state index contributed by atoms with van der Waals surface area (Å²) in [5.41, 5.74) is 5.67. The zero-order chi connectivity index (χ0) is 18.3. The molecule has 0 unspecified atom stereocenters. The van der Waals surface area contributed by atoms with Gasteiger partial charge in [0, 0.05) is 37.8 Å². The summed E-state index contributed by atoms with van der Waals surface area (Å²) in [4.78, 5) is 2.53. The number of hydrogen-bond donors (Lipinski definition) is 1. The maximum Gasteiger partial charge on any atom is 0.0399 e. The first-order valence-corrected chi connectivity index (χ1v) is 10.1. The summed E-state index contributed by atoms with van der Waals surface area (Å²) < 4.78 is 0. The second-order valence-corrected chi connectivity index (χ2v) is 7.30. The summed E-state index contributed by atoms with van der Waals surface area (Å²) >= 11 is 0. The van der Waals surface area contributed by atoms with Crippen molar-refractivity contribution in [3.8, 4) is 0 Å². The number of rotatable bonds is 7. The van der Waals surface area contributed by atoms with E-state index >= 15 is 0 Å². The molecule has 0 aromatic heterocycles. The predicted molar refractivity (Wildman–Crippen MR) is 115 cm³/mol. The van der Waals surface area contributed by atoms with Crippen LogP contribution in [0.3, 0.4) is 0 Å². The minimum atomic E-state index is 0.390. The molecule has 1 aliphatic heterocycles. The molecule has 3 aromatic carbocycles. The summed E-state index contributed by atoms with van der Waals surface area (Å²) in [5.74, 6) is 0.390. The van der Waals surface area contributed by atoms with Crippen molar-refractivity contribution < 1.29 is 0 Å². The van der Waals surface area contributed by atoms with Gasteiger partial charge < -0.3 is 10.2 Å². The third-order valence-electron chi connectivity index (χ3n) is 5.52. The first-order chi connectivity index (χ1) is 13.4. The van der Waals surface area contributed by atoms with Gasteiger partial charge in [-0.3, -0.25) is 0 Å². The molecule has 1 aliphatic rings. The van der Waals surface area contributed by atoms with Gasteiger partial charge >= 0.3 is 0 Å². The van der Waals surface area contributed by atoms with Crippen molar-refractivity contribution in [2.75, 3.05) is 31.1 Å². The summed E-state index contributed by atoms with van der Waals surface area (Å²) in [7, 11) is 0. The second-order valence-electron chi connectivity index (χ2n) is 7.30. The van der Waals surface area contributed by atoms with E-state index in [0.29, 0.717) is 5.92 Å². The molecule has 0 bridgehead atoms. The van der Waals surface area contributed by atoms with Gasteiger partial charge in [-0.25, -0.2) is 0 Å². The predicted octanol–water partition coefficient (Wildman–Crippen LogP) is 4.86. The van der Waals surface area contributed by atoms with Gasteiger partial charge in [0.15, 0.2) is 0 Å². The topological polar surface area (TPSA) is 15.3 Å². The van der Waals surface area contributed by atoms with Gasteiger partial charge in [-0.1, -0.05) is 78.9 Å². The van der Waals surface area contributed by atoms with Crippen LogP contribution in [0, 0.1) is 0 Å². The number of benzene rings is 3. The Balaban J connectivity index is 1.38. The van der Waals surface area contributed by atoms with E-state index in [1.54, 1.807) is 0 Å². The summed E-state index contributed by atoms with van der Waals surface area (Å²) in [6, 6.07) is 30.5. The molecular formula is C25H28N2. The molecule has 0 saturated heterocycles. The molecule has 0 saturated carbocycles. The fourth-order valence-corrected chi connectivity index (χ4v) is 4.10. The van der Waals surface area contributed by atoms with Crippen LogP contribution < -0.4 is 10.2 Å². The normalized spacial score (nSPS) is 13.6. The maximum atomic E-state index is 3.72. The molecular weight excluding hydrogens is 328 g/mol. The Morgan fingerprint density at radius 2 is 1.41 bits per heavy atom. The van der Waals surface area contributed by atoms with Crippen molar-refractivity contribution in [3.05, 3.63) is 102 Å². The van der Waals surface area contributed by atoms with Crippen molar-refractivity contribution in [2.24, 2.45) is 0 Å². The van der Waals surface area contributed by atoms with E-state index in [4.69, 9.17) is 0 Å². The molecule has 2 heteroatoms. The zero-order valence-electron chi connectivity index (χ0n) is 15.9. The van der Waals surface area contributed by atoms with Gasteiger partial charge in [-0.05, 0) is 35.6 Å². The molecule has 2 nitrogen and oxygen atoms in total. The molecule has 0 radical (unpaired) electrons. The average Bonchev–Trinajstić information content (AvgIpc) is 2.75. The van der Waals surface area contributed by atoms with Gasteiger partial charge in [-0.15, -0.1) is 0 Å². The molecule has 138 valence electrons. The smallest absolute Gasteiger partial charge is 0.0399 e. The van der Waals surface area contributed by atoms with Crippen molar-refractivity contribution in [3.63, 3.8) is 0 Å². The average molecular weight is 357 g/mol. The summed E-state index contributed by atoms with van der Waals surface area (Å²) in [5, 5.41) is 3.72. The Labute approximate surface area is 162 Å². The quantitative estimate of drug-likeness (QED) is 0.608. The molecule has 0 amide bonds. The lowest BCUT2D eigenvalue weighted by Crippen LogP contribution is -2.36. The lowest BCUT2D eigenvalue weighted by Gasteiger charge is -2.31. The van der Waals surface area contributed by atoms with E-state index in [0.717, 1.165) is 19.6 Å². The number of nitrogens with one attached hydrogen (secondary N) is 1. The van der Waals surface area contributed by atoms with Gasteiger partial charge in [0.05, 0.1) is 0 Å². The van der Waals surface area contributed by atoms with Crippen LogP contribution in [-0.2, 0) is 6.42 Å². The van der Waals surface area contributed by atoms with Crippen LogP contribution in [0.25, 0.3) is 0 Å². The van der Waals surface area contributed by atoms with E-state index in [2.05, 4.69) is 95.1 Å². The lowest BCUT2D eigenvalue weighted by atomic mass is 9.91. The van der Waals surface area contributed by atoms with Gasteiger partial charge in [-0.2, -0.15) is 0 Å². The van der Waals surface area contributed by atoms with Gasteiger partial charge in [0.1, 0.15) is 0 Å². The maximum absolute atomic E-state index is 3.72. The Morgan fingerprint density at radius 1 is 0.778 bits per heavy atom. The molecule has 4 rings (SSSR count). The molecule has 0 fully saturated rings. The van der Waals surface area contributed by atoms with Crippen molar-refractivity contribution in [2.45, 2.75) is 18.8 Å². The van der Waals surface area contributed by atoms with E-state index in [1.165, 1.54) is 41.8 Å². The van der Waals surface area contributed by atoms with Crippen LogP contribution >= 0.6 is 0 Å². The van der Waals surface area contributed by atoms with Crippen molar-refractivity contribution in [1.29, 1.82) is 0 Å². The number of fused-ring (bicyclic) bond motifs is 1. The van der Waals surface area contributed by atoms with E-state index in [-0.39, 0.29) is 0 Å². The minimum Gasteiger partial charge on any atom is -0.370 e. The van der Waals surface area contributed by atoms with Crippen molar-refractivity contribution >= 4 is 5.69 Å². The van der Waals surface area contributed by atoms with Crippen LogP contribution in [0.5, 0.6) is 0 Å². The third-order valence-corrected chi connectivity index (χ3v) is 5.52. The number of nitrogens with zero attached hydrogens (tertiary/aromatic N) is 1. The fraction of sp³-hybridized carbons (Fsp3) is 0.280. The highest BCUT2D eigenvalue weighted by atomic mass is 15.1. The van der Waals surface area contributed by atoms with E-state index in [1.807, 2.05) is 0 Å². The van der Waals surface area contributed by atoms with Gasteiger partial charge in [0.2, 0.25) is 0 Å². The Bertz CT molecular complexity index is 790. The highest BCUT2D eigenvalue weighted by Crippen LogP contribution is 2.26. The van der Waals surface area contributed by atoms with Crippen molar-refractivity contribution in [1.82, 2.24) is 5.32 Å². The Hall–Kier alpha value is -2.58. The number of hydrogen-bond acceptors (Lipinski definition) is 2. The summed E-state index contributed by atoms with van der Waals surface area (Å²) in [6.45, 7) is 4.20. The number of para-hydroxylation sites is 1. The van der Waals surface area contributed by atoms with Crippen LogP contribution in [0.15, 0.2) is 84.9 Å². The largest absolute Gasteiger partial charge is 0.370 e. The monoisotopic (exact) mass is 356 g/mol. The van der Waals surface area contributed by atoms with E-state index in [9.17, 15) is 0 Å². The first kappa shape index (κ1) is 17.8. The van der Waals surface area contributed by atoms with Crippen LogP contribution in [0.1, 0.15) is 29.0 Å². The van der Waals surface area contributed by atoms with Crippen LogP contribution in [0.2, 0.25) is 0 Å². The Kier molecular flexibility index (Phi) is 5.86. The molecule has 0 spiro atoms. The highest BCUT2D eigenvalue weighted by Gasteiger charge is 2.16. The Morgan fingerprint density at radius 3 is 2.11 bits per heavy atom. The minimum absolute atomic E-state index is 0.390. The molecule has 0 aliphatic carbocycles. The first-order valence-electron chi connectivity index (χ1n) is 10.1. The molecule has 0 atom stereocenters. The highest BCUT2D eigenvalue weighted by molar-refractivity contribution is 5.55. The summed E-state index contributed by atoms with van der Waals surface area (Å²) in [6.07, 6.45) is 2.47. The third kappa shape index (κ3) is 4.40. The number of anilines is 1. The lowest BCUT2D eigenvalue weighted by molar-refractivity contribution is 0.606. The fourth-order valence-electron chi connectivity index (χ4n) is 4.10. The second kappa shape index (κ2) is 8.88. The SMILES string of the molecule is c1ccc(C(CNCCN2CCCc3ccccc32)c2ccccc2)cc1. The van der Waals surface area contributed by atoms with E-state index < -0.39 is 0 Å². The molecule has 27 heavy (non-hydrogen) atoms. The number of aryl methyl sites for hydroxylation is 1. The molecule has 1 heterocycles. The van der Waals surface area contributed by atoms with Crippen LogP contribution in [0.4, 0.5) is 5.69 Å². The standard InChI is InChI=1S/C25H28N2/c1-3-10-21(11-4-1)24(22-12-5-2-6-13-22)20-26-17-19-27-18-9-15-23-14-7-8-16-25(23)27/h1-8,10-14,16,24,26H,9,15,17-20H2. The molecule has 3 aromatic rings. The zero-order valence-corrected chi connectivity index (χ0v) is 15.9. The van der Waals surface area contributed by atoms with Gasteiger partial charge in [0.25, 0.3) is 0 Å². The molecule has 1 N–H and O–H groups in total. The van der Waals surface area contributed by atoms with Crippen LogP contribution in [-0.4, -0.2) is 26.2 Å².